The summed E-state index contributed by atoms with van der Waals surface area (Å²) in [4.78, 5) is 13.1. The van der Waals surface area contributed by atoms with Crippen LogP contribution in [0.3, 0.4) is 0 Å². The smallest absolute Gasteiger partial charge is 0.343 e. The largest absolute Gasteiger partial charge is 0.497 e. The van der Waals surface area contributed by atoms with Gasteiger partial charge >= 0.3 is 5.63 Å². The molecule has 1 aliphatic heterocycles. The van der Waals surface area contributed by atoms with Crippen LogP contribution >= 0.6 is 0 Å². The van der Waals surface area contributed by atoms with Gasteiger partial charge < -0.3 is 19.0 Å². The monoisotopic (exact) mass is 438 g/mol. The van der Waals surface area contributed by atoms with E-state index in [9.17, 15) is 9.90 Å². The molecule has 5 heteroatoms. The van der Waals surface area contributed by atoms with Crippen LogP contribution in [0.1, 0.15) is 58.9 Å². The zero-order valence-corrected chi connectivity index (χ0v) is 19.7. The molecule has 0 unspecified atom stereocenters. The standard InChI is InChI=1S/C27H34O5/c1-25(2)21-10-13-27(4)22(26(21,3)12-11-23(25)28)14-18-20(32-27)15-19(31-24(18)29)16-6-8-17(30-5)9-7-16/h6-9,15,21-23,28H,10-14H2,1-5H3/t21-,22+,23-,26-,27+/m0/s1. The lowest BCUT2D eigenvalue weighted by molar-refractivity contribution is -0.191. The minimum atomic E-state index is -0.332. The molecule has 3 aliphatic rings. The molecular formula is C27H34O5. The Morgan fingerprint density at radius 2 is 1.75 bits per heavy atom. The molecule has 2 fully saturated rings. The first-order valence-electron chi connectivity index (χ1n) is 11.8. The number of methoxy groups -OCH3 is 1. The Balaban J connectivity index is 1.54. The van der Waals surface area contributed by atoms with Gasteiger partial charge in [0.05, 0.1) is 18.8 Å². The zero-order chi connectivity index (χ0) is 22.9. The molecule has 2 heterocycles. The molecular weight excluding hydrogens is 404 g/mol. The lowest BCUT2D eigenvalue weighted by Crippen LogP contribution is -2.63. The van der Waals surface area contributed by atoms with E-state index in [1.807, 2.05) is 30.3 Å². The third-order valence-corrected chi connectivity index (χ3v) is 9.11. The third-order valence-electron chi connectivity index (χ3n) is 9.11. The first-order chi connectivity index (χ1) is 15.1. The molecule has 2 aromatic rings. The fraction of sp³-hybridized carbons (Fsp3) is 0.593. The Bertz CT molecular complexity index is 1080. The SMILES string of the molecule is COc1ccc(-c2cc3c(c(=O)o2)C[C@@H]2[C@@]4(C)CC[C@H](O)C(C)(C)[C@@H]4CC[C@@]2(C)O3)cc1. The van der Waals surface area contributed by atoms with E-state index in [1.54, 1.807) is 7.11 Å². The number of aliphatic hydroxyl groups is 1. The molecule has 32 heavy (non-hydrogen) atoms. The van der Waals surface area contributed by atoms with Gasteiger partial charge in [0.1, 0.15) is 22.9 Å². The van der Waals surface area contributed by atoms with Gasteiger partial charge in [-0.3, -0.25) is 0 Å². The summed E-state index contributed by atoms with van der Waals surface area (Å²) in [5.74, 6) is 2.53. The highest BCUT2D eigenvalue weighted by Crippen LogP contribution is 2.64. The summed E-state index contributed by atoms with van der Waals surface area (Å²) >= 11 is 0. The number of hydrogen-bond acceptors (Lipinski definition) is 5. The van der Waals surface area contributed by atoms with E-state index in [1.165, 1.54) is 0 Å². The van der Waals surface area contributed by atoms with Crippen LogP contribution in [0.25, 0.3) is 11.3 Å². The molecule has 2 saturated carbocycles. The summed E-state index contributed by atoms with van der Waals surface area (Å²) < 4.78 is 17.7. The van der Waals surface area contributed by atoms with E-state index < -0.39 is 0 Å². The van der Waals surface area contributed by atoms with Gasteiger partial charge in [-0.25, -0.2) is 4.79 Å². The van der Waals surface area contributed by atoms with E-state index in [2.05, 4.69) is 27.7 Å². The summed E-state index contributed by atoms with van der Waals surface area (Å²) in [6, 6.07) is 9.36. The second-order valence-corrected chi connectivity index (χ2v) is 11.1. The quantitative estimate of drug-likeness (QED) is 0.696. The van der Waals surface area contributed by atoms with Crippen molar-refractivity contribution in [3.63, 3.8) is 0 Å². The molecule has 1 N–H and O–H groups in total. The average molecular weight is 439 g/mol. The van der Waals surface area contributed by atoms with Crippen molar-refractivity contribution in [1.29, 1.82) is 0 Å². The highest BCUT2D eigenvalue weighted by atomic mass is 16.5. The van der Waals surface area contributed by atoms with Gasteiger partial charge in [-0.2, -0.15) is 0 Å². The summed E-state index contributed by atoms with van der Waals surface area (Å²) in [5, 5.41) is 10.7. The molecule has 5 atom stereocenters. The van der Waals surface area contributed by atoms with Crippen molar-refractivity contribution in [2.45, 2.75) is 71.5 Å². The molecule has 172 valence electrons. The average Bonchev–Trinajstić information content (AvgIpc) is 2.75. The normalized spacial score (nSPS) is 35.1. The van der Waals surface area contributed by atoms with Gasteiger partial charge in [-0.15, -0.1) is 0 Å². The van der Waals surface area contributed by atoms with E-state index in [4.69, 9.17) is 13.9 Å². The molecule has 5 rings (SSSR count). The maximum Gasteiger partial charge on any atom is 0.343 e. The molecule has 0 radical (unpaired) electrons. The fourth-order valence-corrected chi connectivity index (χ4v) is 7.19. The fourth-order valence-electron chi connectivity index (χ4n) is 7.19. The van der Waals surface area contributed by atoms with Crippen LogP contribution in [0.4, 0.5) is 0 Å². The number of rotatable bonds is 2. The number of hydrogen-bond donors (Lipinski definition) is 1. The van der Waals surface area contributed by atoms with Gasteiger partial charge in [0.15, 0.2) is 0 Å². The topological polar surface area (TPSA) is 68.9 Å². The highest BCUT2D eigenvalue weighted by Gasteiger charge is 2.62. The van der Waals surface area contributed by atoms with Gasteiger partial charge in [-0.1, -0.05) is 20.8 Å². The van der Waals surface area contributed by atoms with Gasteiger partial charge in [0.2, 0.25) is 0 Å². The number of ether oxygens (including phenoxy) is 2. The first kappa shape index (κ1) is 21.6. The minimum Gasteiger partial charge on any atom is -0.497 e. The van der Waals surface area contributed by atoms with Crippen LogP contribution < -0.4 is 15.1 Å². The van der Waals surface area contributed by atoms with Crippen molar-refractivity contribution in [3.05, 3.63) is 46.3 Å². The van der Waals surface area contributed by atoms with E-state index >= 15 is 0 Å². The summed E-state index contributed by atoms with van der Waals surface area (Å²) in [5.41, 5.74) is 0.695. The summed E-state index contributed by atoms with van der Waals surface area (Å²) in [6.07, 6.45) is 4.08. The Labute approximate surface area is 189 Å². The van der Waals surface area contributed by atoms with Gasteiger partial charge in [-0.05, 0) is 80.0 Å². The zero-order valence-electron chi connectivity index (χ0n) is 19.7. The van der Waals surface area contributed by atoms with Crippen molar-refractivity contribution in [1.82, 2.24) is 0 Å². The molecule has 2 aliphatic carbocycles. The Kier molecular flexibility index (Phi) is 4.79. The van der Waals surface area contributed by atoms with E-state index in [0.29, 0.717) is 29.4 Å². The van der Waals surface area contributed by atoms with Crippen LogP contribution in [-0.4, -0.2) is 23.9 Å². The highest BCUT2D eigenvalue weighted by molar-refractivity contribution is 5.60. The van der Waals surface area contributed by atoms with Crippen LogP contribution in [0, 0.1) is 22.7 Å². The van der Waals surface area contributed by atoms with Crippen LogP contribution in [0.15, 0.2) is 39.5 Å². The molecule has 0 saturated heterocycles. The van der Waals surface area contributed by atoms with Crippen molar-refractivity contribution < 1.29 is 19.0 Å². The lowest BCUT2D eigenvalue weighted by Gasteiger charge is -2.64. The predicted octanol–water partition coefficient (Wildman–Crippen LogP) is 5.22. The van der Waals surface area contributed by atoms with E-state index in [0.717, 1.165) is 37.0 Å². The third kappa shape index (κ3) is 3.04. The maximum absolute atomic E-state index is 13.1. The second kappa shape index (κ2) is 7.11. The van der Waals surface area contributed by atoms with Gasteiger partial charge in [0.25, 0.3) is 0 Å². The molecule has 1 aromatic carbocycles. The van der Waals surface area contributed by atoms with Gasteiger partial charge in [0, 0.05) is 17.5 Å². The molecule has 0 bridgehead atoms. The molecule has 1 aromatic heterocycles. The summed E-state index contributed by atoms with van der Waals surface area (Å²) in [7, 11) is 1.63. The Hall–Kier alpha value is -2.27. The van der Waals surface area contributed by atoms with E-state index in [-0.39, 0.29) is 34.1 Å². The molecule has 0 spiro atoms. The van der Waals surface area contributed by atoms with Crippen molar-refractivity contribution in [3.8, 4) is 22.8 Å². The van der Waals surface area contributed by atoms with Crippen LogP contribution in [0.2, 0.25) is 0 Å². The van der Waals surface area contributed by atoms with Crippen molar-refractivity contribution >= 4 is 0 Å². The number of benzene rings is 1. The molecule has 5 nitrogen and oxygen atoms in total. The number of fused-ring (bicyclic) bond motifs is 4. The number of aliphatic hydroxyl groups excluding tert-OH is 1. The lowest BCUT2D eigenvalue weighted by atomic mass is 9.44. The first-order valence-corrected chi connectivity index (χ1v) is 11.8. The minimum absolute atomic E-state index is 0.00845. The van der Waals surface area contributed by atoms with Crippen molar-refractivity contribution in [2.24, 2.45) is 22.7 Å². The molecule has 0 amide bonds. The predicted molar refractivity (Wildman–Crippen MR) is 123 cm³/mol. The van der Waals surface area contributed by atoms with Crippen LogP contribution in [-0.2, 0) is 6.42 Å². The van der Waals surface area contributed by atoms with Crippen LogP contribution in [0.5, 0.6) is 11.5 Å². The summed E-state index contributed by atoms with van der Waals surface area (Å²) in [6.45, 7) is 8.97. The van der Waals surface area contributed by atoms with Crippen molar-refractivity contribution in [2.75, 3.05) is 7.11 Å². The second-order valence-electron chi connectivity index (χ2n) is 11.1. The Morgan fingerprint density at radius 3 is 2.44 bits per heavy atom. The maximum atomic E-state index is 13.1. The Morgan fingerprint density at radius 1 is 1.03 bits per heavy atom.